The summed E-state index contributed by atoms with van der Waals surface area (Å²) in [6, 6.07) is 6.85. The van der Waals surface area contributed by atoms with Crippen LogP contribution in [0.2, 0.25) is 5.02 Å². The molecule has 156 valence electrons. The predicted molar refractivity (Wildman–Crippen MR) is 107 cm³/mol. The van der Waals surface area contributed by atoms with Crippen molar-refractivity contribution in [1.82, 2.24) is 4.31 Å². The number of nitrogens with one attached hydrogen (secondary N) is 1. The van der Waals surface area contributed by atoms with Crippen LogP contribution in [-0.2, 0) is 24.3 Å². The Labute approximate surface area is 176 Å². The molecule has 0 saturated carbocycles. The second kappa shape index (κ2) is 9.21. The van der Waals surface area contributed by atoms with Crippen LogP contribution in [0.1, 0.15) is 12.8 Å². The van der Waals surface area contributed by atoms with Crippen LogP contribution in [0.15, 0.2) is 39.9 Å². The Morgan fingerprint density at radius 1 is 1.34 bits per heavy atom. The van der Waals surface area contributed by atoms with E-state index in [0.717, 1.165) is 17.4 Å². The largest absolute Gasteiger partial charge is 0.455 e. The van der Waals surface area contributed by atoms with E-state index in [4.69, 9.17) is 16.3 Å². The Kier molecular flexibility index (Phi) is 6.89. The summed E-state index contributed by atoms with van der Waals surface area (Å²) in [5.74, 6) is -2.74. The van der Waals surface area contributed by atoms with E-state index < -0.39 is 40.2 Å². The Morgan fingerprint density at radius 3 is 2.86 bits per heavy atom. The van der Waals surface area contributed by atoms with Crippen LogP contribution in [0.3, 0.4) is 0 Å². The molecule has 29 heavy (non-hydrogen) atoms. The van der Waals surface area contributed by atoms with Crippen LogP contribution in [0.5, 0.6) is 0 Å². The van der Waals surface area contributed by atoms with Gasteiger partial charge in [-0.2, -0.15) is 4.31 Å². The van der Waals surface area contributed by atoms with Gasteiger partial charge in [0.25, 0.3) is 15.9 Å². The molecular weight excluding hydrogens is 443 g/mol. The zero-order valence-electron chi connectivity index (χ0n) is 15.1. The summed E-state index contributed by atoms with van der Waals surface area (Å²) >= 11 is 6.87. The van der Waals surface area contributed by atoms with E-state index in [1.54, 1.807) is 11.4 Å². The van der Waals surface area contributed by atoms with Gasteiger partial charge < -0.3 is 10.1 Å². The molecule has 0 aliphatic carbocycles. The van der Waals surface area contributed by atoms with Gasteiger partial charge in [0.1, 0.15) is 10.0 Å². The quantitative estimate of drug-likeness (QED) is 0.668. The minimum absolute atomic E-state index is 0.0103. The van der Waals surface area contributed by atoms with Crippen molar-refractivity contribution in [2.24, 2.45) is 5.92 Å². The number of rotatable bonds is 6. The Bertz CT molecular complexity index is 998. The molecule has 1 fully saturated rings. The van der Waals surface area contributed by atoms with Gasteiger partial charge in [0, 0.05) is 18.1 Å². The molecule has 7 nitrogen and oxygen atoms in total. The number of anilines is 1. The number of hydrogen-bond donors (Lipinski definition) is 1. The molecule has 0 radical (unpaired) electrons. The lowest BCUT2D eigenvalue weighted by Gasteiger charge is -2.30. The topological polar surface area (TPSA) is 92.8 Å². The van der Waals surface area contributed by atoms with Gasteiger partial charge in [-0.15, -0.1) is 11.3 Å². The second-order valence-electron chi connectivity index (χ2n) is 6.41. The van der Waals surface area contributed by atoms with E-state index in [9.17, 15) is 22.4 Å². The molecular formula is C18H18ClFN2O5S2. The summed E-state index contributed by atoms with van der Waals surface area (Å²) in [6.45, 7) is -0.304. The van der Waals surface area contributed by atoms with Crippen molar-refractivity contribution < 1.29 is 27.1 Å². The first-order chi connectivity index (χ1) is 13.8. The smallest absolute Gasteiger partial charge is 0.310 e. The molecule has 1 aromatic heterocycles. The third-order valence-electron chi connectivity index (χ3n) is 4.35. The van der Waals surface area contributed by atoms with Crippen molar-refractivity contribution in [3.05, 3.63) is 46.6 Å². The Hall–Kier alpha value is -2.01. The van der Waals surface area contributed by atoms with Crippen LogP contribution in [0.25, 0.3) is 0 Å². The fourth-order valence-electron chi connectivity index (χ4n) is 2.92. The maximum atomic E-state index is 13.6. The van der Waals surface area contributed by atoms with Gasteiger partial charge in [-0.1, -0.05) is 17.7 Å². The predicted octanol–water partition coefficient (Wildman–Crippen LogP) is 3.12. The van der Waals surface area contributed by atoms with Crippen LogP contribution in [0, 0.1) is 11.7 Å². The zero-order chi connectivity index (χ0) is 21.0. The van der Waals surface area contributed by atoms with Gasteiger partial charge in [0.15, 0.2) is 6.61 Å². The summed E-state index contributed by atoms with van der Waals surface area (Å²) < 4.78 is 45.4. The molecule has 0 bridgehead atoms. The molecule has 1 unspecified atom stereocenters. The Morgan fingerprint density at radius 2 is 2.14 bits per heavy atom. The minimum Gasteiger partial charge on any atom is -0.455 e. The first-order valence-electron chi connectivity index (χ1n) is 8.72. The van der Waals surface area contributed by atoms with Crippen molar-refractivity contribution in [2.45, 2.75) is 17.1 Å². The number of carbonyl (C=O) groups excluding carboxylic acids is 2. The number of thiophene rings is 1. The number of benzene rings is 1. The van der Waals surface area contributed by atoms with Crippen molar-refractivity contribution in [3.8, 4) is 0 Å². The van der Waals surface area contributed by atoms with Gasteiger partial charge >= 0.3 is 5.97 Å². The molecule has 3 rings (SSSR count). The lowest BCUT2D eigenvalue weighted by atomic mass is 10.00. The molecule has 1 aromatic carbocycles. The molecule has 1 N–H and O–H groups in total. The lowest BCUT2D eigenvalue weighted by molar-refractivity contribution is -0.152. The summed E-state index contributed by atoms with van der Waals surface area (Å²) in [7, 11) is -3.66. The summed E-state index contributed by atoms with van der Waals surface area (Å²) in [5.41, 5.74) is -0.121. The molecule has 2 aromatic rings. The fourth-order valence-corrected chi connectivity index (χ4v) is 5.77. The minimum atomic E-state index is -3.66. The molecule has 1 amide bonds. The van der Waals surface area contributed by atoms with Gasteiger partial charge in [-0.3, -0.25) is 9.59 Å². The number of esters is 1. The first kappa shape index (κ1) is 21.7. The number of nitrogens with zero attached hydrogens (tertiary/aromatic N) is 1. The SMILES string of the molecule is O=C(COC(=O)C1CCCN(S(=O)(=O)c2cccs2)C1)Nc1cc(Cl)ccc1F. The number of halogens is 2. The fraction of sp³-hybridized carbons (Fsp3) is 0.333. The van der Waals surface area contributed by atoms with E-state index >= 15 is 0 Å². The normalized spacial score (nSPS) is 17.7. The number of piperidine rings is 1. The molecule has 0 spiro atoms. The number of ether oxygens (including phenoxy) is 1. The van der Waals surface area contributed by atoms with E-state index in [-0.39, 0.29) is 21.5 Å². The monoisotopic (exact) mass is 460 g/mol. The van der Waals surface area contributed by atoms with Gasteiger partial charge in [-0.25, -0.2) is 12.8 Å². The third kappa shape index (κ3) is 5.33. The van der Waals surface area contributed by atoms with Crippen molar-refractivity contribution in [3.63, 3.8) is 0 Å². The highest BCUT2D eigenvalue weighted by molar-refractivity contribution is 7.91. The summed E-state index contributed by atoms with van der Waals surface area (Å²) in [6.07, 6.45) is 0.962. The molecule has 1 aliphatic heterocycles. The van der Waals surface area contributed by atoms with E-state index in [1.165, 1.54) is 22.5 Å². The summed E-state index contributed by atoms with van der Waals surface area (Å²) in [4.78, 5) is 24.3. The molecule has 1 saturated heterocycles. The van der Waals surface area contributed by atoms with Gasteiger partial charge in [0.2, 0.25) is 0 Å². The number of hydrogen-bond acceptors (Lipinski definition) is 6. The average molecular weight is 461 g/mol. The molecule has 1 aliphatic rings. The van der Waals surface area contributed by atoms with E-state index in [2.05, 4.69) is 5.32 Å². The second-order valence-corrected chi connectivity index (χ2v) is 9.96. The highest BCUT2D eigenvalue weighted by Crippen LogP contribution is 2.27. The maximum Gasteiger partial charge on any atom is 0.310 e. The van der Waals surface area contributed by atoms with Crippen LogP contribution in [-0.4, -0.2) is 44.3 Å². The van der Waals surface area contributed by atoms with E-state index in [1.807, 2.05) is 0 Å². The van der Waals surface area contributed by atoms with Gasteiger partial charge in [-0.05, 0) is 42.5 Å². The molecule has 11 heteroatoms. The number of sulfonamides is 1. The van der Waals surface area contributed by atoms with Crippen LogP contribution in [0.4, 0.5) is 10.1 Å². The van der Waals surface area contributed by atoms with E-state index in [0.29, 0.717) is 19.4 Å². The maximum absolute atomic E-state index is 13.6. The molecule has 2 heterocycles. The zero-order valence-corrected chi connectivity index (χ0v) is 17.5. The number of amides is 1. The highest BCUT2D eigenvalue weighted by Gasteiger charge is 2.34. The standard InChI is InChI=1S/C18H18ClFN2O5S2/c19-13-5-6-14(20)15(9-13)21-16(23)11-27-18(24)12-3-1-7-22(10-12)29(25,26)17-4-2-8-28-17/h2,4-6,8-9,12H,1,3,7,10-11H2,(H,21,23). The van der Waals surface area contributed by atoms with Gasteiger partial charge in [0.05, 0.1) is 11.6 Å². The highest BCUT2D eigenvalue weighted by atomic mass is 35.5. The summed E-state index contributed by atoms with van der Waals surface area (Å²) in [5, 5.41) is 4.19. The van der Waals surface area contributed by atoms with Crippen molar-refractivity contribution in [1.29, 1.82) is 0 Å². The lowest BCUT2D eigenvalue weighted by Crippen LogP contribution is -2.42. The van der Waals surface area contributed by atoms with Crippen molar-refractivity contribution in [2.75, 3.05) is 25.0 Å². The third-order valence-corrected chi connectivity index (χ3v) is 7.83. The number of carbonyl (C=O) groups is 2. The first-order valence-corrected chi connectivity index (χ1v) is 11.4. The van der Waals surface area contributed by atoms with Crippen molar-refractivity contribution >= 4 is 50.5 Å². The van der Waals surface area contributed by atoms with Crippen LogP contribution >= 0.6 is 22.9 Å². The van der Waals surface area contributed by atoms with Crippen LogP contribution < -0.4 is 5.32 Å². The Balaban J connectivity index is 1.55. The average Bonchev–Trinajstić information content (AvgIpc) is 3.25. The molecule has 1 atom stereocenters.